The van der Waals surface area contributed by atoms with E-state index in [1.807, 2.05) is 0 Å². The highest BCUT2D eigenvalue weighted by Crippen LogP contribution is 2.43. The van der Waals surface area contributed by atoms with E-state index in [4.69, 9.17) is 4.74 Å². The van der Waals surface area contributed by atoms with Crippen LogP contribution in [0.25, 0.3) is 0 Å². The third-order valence-electron chi connectivity index (χ3n) is 6.04. The molecule has 27 heavy (non-hydrogen) atoms. The maximum absolute atomic E-state index is 14.3. The Labute approximate surface area is 160 Å². The van der Waals surface area contributed by atoms with Crippen LogP contribution in [0.15, 0.2) is 24.3 Å². The molecule has 0 aromatic heterocycles. The number of carbonyl (C=O) groups is 2. The van der Waals surface area contributed by atoms with Crippen LogP contribution in [0.4, 0.5) is 4.39 Å². The van der Waals surface area contributed by atoms with E-state index in [9.17, 15) is 14.0 Å². The largest absolute Gasteiger partial charge is 0.455 e. The summed E-state index contributed by atoms with van der Waals surface area (Å²) in [5.74, 6) is -1.11. The second kappa shape index (κ2) is 9.34. The Morgan fingerprint density at radius 1 is 1.00 bits per heavy atom. The average Bonchev–Trinajstić information content (AvgIpc) is 3.13. The number of carbonyl (C=O) groups excluding carboxylic acids is 2. The average molecular weight is 375 g/mol. The second-order valence-corrected chi connectivity index (χ2v) is 7.95. The maximum atomic E-state index is 14.3. The van der Waals surface area contributed by atoms with Gasteiger partial charge in [-0.05, 0) is 31.7 Å². The number of hydrogen-bond donors (Lipinski definition) is 1. The fourth-order valence-corrected chi connectivity index (χ4v) is 4.55. The molecule has 0 radical (unpaired) electrons. The monoisotopic (exact) mass is 375 g/mol. The van der Waals surface area contributed by atoms with E-state index >= 15 is 0 Å². The molecular formula is C22H30FNO3. The summed E-state index contributed by atoms with van der Waals surface area (Å²) in [5, 5.41) is 3.01. The van der Waals surface area contributed by atoms with E-state index in [-0.39, 0.29) is 24.4 Å². The molecule has 0 unspecified atom stereocenters. The lowest BCUT2D eigenvalue weighted by atomic mass is 9.78. The highest BCUT2D eigenvalue weighted by Gasteiger charge is 2.45. The standard InChI is InChI=1S/C22H30FNO3/c23-19-13-7-6-12-18(19)22(14-8-9-15-22)21(26)27-16-20(25)24-17-10-4-2-1-3-5-11-17/h6-7,12-13,17H,1-5,8-11,14-16H2,(H,24,25). The molecule has 0 saturated heterocycles. The second-order valence-electron chi connectivity index (χ2n) is 7.95. The van der Waals surface area contributed by atoms with Crippen LogP contribution in [-0.2, 0) is 19.7 Å². The Morgan fingerprint density at radius 3 is 2.30 bits per heavy atom. The fourth-order valence-electron chi connectivity index (χ4n) is 4.55. The Kier molecular flexibility index (Phi) is 6.86. The van der Waals surface area contributed by atoms with Crippen LogP contribution >= 0.6 is 0 Å². The number of nitrogens with one attached hydrogen (secondary N) is 1. The first-order valence-corrected chi connectivity index (χ1v) is 10.3. The lowest BCUT2D eigenvalue weighted by Gasteiger charge is -2.27. The van der Waals surface area contributed by atoms with Crippen LogP contribution in [0.3, 0.4) is 0 Å². The molecule has 1 N–H and O–H groups in total. The van der Waals surface area contributed by atoms with E-state index in [2.05, 4.69) is 5.32 Å². The summed E-state index contributed by atoms with van der Waals surface area (Å²) in [4.78, 5) is 25.1. The zero-order chi connectivity index (χ0) is 19.1. The summed E-state index contributed by atoms with van der Waals surface area (Å²) in [6, 6.07) is 6.58. The highest BCUT2D eigenvalue weighted by molar-refractivity contribution is 5.86. The first-order valence-electron chi connectivity index (χ1n) is 10.3. The lowest BCUT2D eigenvalue weighted by Crippen LogP contribution is -2.41. The molecule has 3 rings (SSSR count). The molecular weight excluding hydrogens is 345 g/mol. The van der Waals surface area contributed by atoms with Gasteiger partial charge in [0.15, 0.2) is 6.61 Å². The van der Waals surface area contributed by atoms with E-state index in [1.165, 1.54) is 25.3 Å². The molecule has 1 aromatic carbocycles. The van der Waals surface area contributed by atoms with Gasteiger partial charge in [-0.3, -0.25) is 9.59 Å². The molecule has 0 heterocycles. The van der Waals surface area contributed by atoms with Crippen LogP contribution in [0.2, 0.25) is 0 Å². The predicted octanol–water partition coefficient (Wildman–Crippen LogP) is 4.41. The Bertz CT molecular complexity index is 647. The number of esters is 1. The highest BCUT2D eigenvalue weighted by atomic mass is 19.1. The van der Waals surface area contributed by atoms with E-state index in [0.29, 0.717) is 18.4 Å². The minimum absolute atomic E-state index is 0.170. The normalized spacial score (nSPS) is 20.5. The quantitative estimate of drug-likeness (QED) is 0.776. The fraction of sp³-hybridized carbons (Fsp3) is 0.636. The van der Waals surface area contributed by atoms with Crippen molar-refractivity contribution in [3.63, 3.8) is 0 Å². The zero-order valence-electron chi connectivity index (χ0n) is 16.0. The van der Waals surface area contributed by atoms with Crippen molar-refractivity contribution in [3.05, 3.63) is 35.6 Å². The van der Waals surface area contributed by atoms with Gasteiger partial charge in [0, 0.05) is 11.6 Å². The van der Waals surface area contributed by atoms with Gasteiger partial charge in [-0.1, -0.05) is 63.1 Å². The Morgan fingerprint density at radius 2 is 1.63 bits per heavy atom. The van der Waals surface area contributed by atoms with Crippen molar-refractivity contribution in [2.75, 3.05) is 6.61 Å². The zero-order valence-corrected chi connectivity index (χ0v) is 16.0. The van der Waals surface area contributed by atoms with Crippen molar-refractivity contribution in [3.8, 4) is 0 Å². The molecule has 5 heteroatoms. The van der Waals surface area contributed by atoms with Gasteiger partial charge in [-0.15, -0.1) is 0 Å². The molecule has 0 spiro atoms. The summed E-state index contributed by atoms with van der Waals surface area (Å²) in [6.45, 7) is -0.286. The molecule has 2 fully saturated rings. The van der Waals surface area contributed by atoms with Gasteiger partial charge in [-0.25, -0.2) is 4.39 Å². The van der Waals surface area contributed by atoms with Gasteiger partial charge < -0.3 is 10.1 Å². The number of ether oxygens (including phenoxy) is 1. The molecule has 2 saturated carbocycles. The smallest absolute Gasteiger partial charge is 0.317 e. The molecule has 0 atom stereocenters. The molecule has 1 aromatic rings. The molecule has 4 nitrogen and oxygen atoms in total. The van der Waals surface area contributed by atoms with E-state index in [1.54, 1.807) is 18.2 Å². The van der Waals surface area contributed by atoms with Gasteiger partial charge in [0.05, 0.1) is 5.41 Å². The predicted molar refractivity (Wildman–Crippen MR) is 102 cm³/mol. The molecule has 1 amide bonds. The van der Waals surface area contributed by atoms with Crippen molar-refractivity contribution >= 4 is 11.9 Å². The SMILES string of the molecule is O=C(COC(=O)C1(c2ccccc2F)CCCC1)NC1CCCCCCC1. The third kappa shape index (κ3) is 4.88. The van der Waals surface area contributed by atoms with Crippen LogP contribution in [0.1, 0.15) is 76.2 Å². The summed E-state index contributed by atoms with van der Waals surface area (Å²) in [7, 11) is 0. The van der Waals surface area contributed by atoms with E-state index in [0.717, 1.165) is 38.5 Å². The maximum Gasteiger partial charge on any atom is 0.317 e. The van der Waals surface area contributed by atoms with Crippen LogP contribution in [-0.4, -0.2) is 24.5 Å². The minimum Gasteiger partial charge on any atom is -0.455 e. The van der Waals surface area contributed by atoms with Gasteiger partial charge in [0.2, 0.25) is 0 Å². The number of halogens is 1. The lowest BCUT2D eigenvalue weighted by molar-refractivity contribution is -0.154. The van der Waals surface area contributed by atoms with Gasteiger partial charge in [-0.2, -0.15) is 0 Å². The van der Waals surface area contributed by atoms with Crippen molar-refractivity contribution in [2.45, 2.75) is 82.1 Å². The number of amides is 1. The van der Waals surface area contributed by atoms with Crippen molar-refractivity contribution in [1.82, 2.24) is 5.32 Å². The summed E-state index contributed by atoms with van der Waals surface area (Å²) >= 11 is 0. The topological polar surface area (TPSA) is 55.4 Å². The summed E-state index contributed by atoms with van der Waals surface area (Å²) in [5.41, 5.74) is -0.556. The molecule has 2 aliphatic carbocycles. The van der Waals surface area contributed by atoms with Crippen molar-refractivity contribution < 1.29 is 18.7 Å². The molecule has 0 bridgehead atoms. The first kappa shape index (κ1) is 19.8. The third-order valence-corrected chi connectivity index (χ3v) is 6.04. The van der Waals surface area contributed by atoms with Crippen LogP contribution in [0.5, 0.6) is 0 Å². The van der Waals surface area contributed by atoms with Gasteiger partial charge in [0.25, 0.3) is 5.91 Å². The van der Waals surface area contributed by atoms with Gasteiger partial charge >= 0.3 is 5.97 Å². The first-order chi connectivity index (χ1) is 13.1. The summed E-state index contributed by atoms with van der Waals surface area (Å²) < 4.78 is 19.7. The van der Waals surface area contributed by atoms with Crippen molar-refractivity contribution in [2.24, 2.45) is 0 Å². The van der Waals surface area contributed by atoms with E-state index < -0.39 is 11.4 Å². The number of benzene rings is 1. The molecule has 2 aliphatic rings. The van der Waals surface area contributed by atoms with Crippen molar-refractivity contribution in [1.29, 1.82) is 0 Å². The van der Waals surface area contributed by atoms with Crippen LogP contribution in [0, 0.1) is 5.82 Å². The Hall–Kier alpha value is -1.91. The van der Waals surface area contributed by atoms with Crippen LogP contribution < -0.4 is 5.32 Å². The number of rotatable bonds is 5. The van der Waals surface area contributed by atoms with Gasteiger partial charge in [0.1, 0.15) is 5.82 Å². The Balaban J connectivity index is 1.58. The summed E-state index contributed by atoms with van der Waals surface area (Å²) in [6.07, 6.45) is 10.8. The minimum atomic E-state index is -0.953. The molecule has 148 valence electrons. The molecule has 0 aliphatic heterocycles. The number of hydrogen-bond acceptors (Lipinski definition) is 3.